The van der Waals surface area contributed by atoms with E-state index in [1.807, 2.05) is 0 Å². The first-order valence-corrected chi connectivity index (χ1v) is 3.64. The van der Waals surface area contributed by atoms with Crippen molar-refractivity contribution < 1.29 is 23.1 Å². The van der Waals surface area contributed by atoms with E-state index in [1.165, 1.54) is 0 Å². The molecular weight excluding hydrogens is 215 g/mol. The molecular formula is C7H6F3N3O2. The zero-order valence-corrected chi connectivity index (χ0v) is 7.17. The van der Waals surface area contributed by atoms with E-state index < -0.39 is 29.3 Å². The molecule has 82 valence electrons. The number of aromatic nitrogens is 1. The second-order valence-corrected chi connectivity index (χ2v) is 2.54. The maximum atomic E-state index is 12.2. The Morgan fingerprint density at radius 2 is 2.13 bits per heavy atom. The third-order valence-corrected chi connectivity index (χ3v) is 1.47. The van der Waals surface area contributed by atoms with Gasteiger partial charge < -0.3 is 10.8 Å². The predicted octanol–water partition coefficient (Wildman–Crippen LogP) is 1.30. The van der Waals surface area contributed by atoms with Crippen molar-refractivity contribution in [2.45, 2.75) is 6.18 Å². The van der Waals surface area contributed by atoms with Gasteiger partial charge in [-0.3, -0.25) is 5.32 Å². The molecule has 0 saturated carbocycles. The molecule has 0 aromatic carbocycles. The van der Waals surface area contributed by atoms with Gasteiger partial charge >= 0.3 is 12.2 Å². The van der Waals surface area contributed by atoms with Gasteiger partial charge in [0.25, 0.3) is 0 Å². The topological polar surface area (TPSA) is 88.2 Å². The fourth-order valence-corrected chi connectivity index (χ4v) is 0.891. The predicted molar refractivity (Wildman–Crippen MR) is 44.1 cm³/mol. The number of carbonyl (C=O) groups excluding carboxylic acids is 1. The Bertz CT molecular complexity index is 392. The summed E-state index contributed by atoms with van der Waals surface area (Å²) >= 11 is 0. The Hall–Kier alpha value is -1.99. The van der Waals surface area contributed by atoms with Crippen molar-refractivity contribution in [2.24, 2.45) is 5.73 Å². The molecule has 0 aliphatic heterocycles. The second kappa shape index (κ2) is 3.64. The number of urea groups is 1. The number of primary amides is 1. The first-order valence-electron chi connectivity index (χ1n) is 3.64. The summed E-state index contributed by atoms with van der Waals surface area (Å²) in [6.45, 7) is 0. The SMILES string of the molecule is NC(=O)Nc1nccc(C(F)(F)F)c1O. The van der Waals surface area contributed by atoms with Crippen LogP contribution in [0.4, 0.5) is 23.8 Å². The van der Waals surface area contributed by atoms with E-state index in [0.29, 0.717) is 6.07 Å². The van der Waals surface area contributed by atoms with E-state index in [1.54, 1.807) is 5.32 Å². The number of aromatic hydroxyl groups is 1. The minimum absolute atomic E-state index is 0.585. The zero-order valence-electron chi connectivity index (χ0n) is 7.17. The second-order valence-electron chi connectivity index (χ2n) is 2.54. The van der Waals surface area contributed by atoms with Gasteiger partial charge in [0.15, 0.2) is 11.6 Å². The van der Waals surface area contributed by atoms with Crippen LogP contribution in [0.15, 0.2) is 12.3 Å². The summed E-state index contributed by atoms with van der Waals surface area (Å²) in [5, 5.41) is 10.9. The number of nitrogens with zero attached hydrogens (tertiary/aromatic N) is 1. The van der Waals surface area contributed by atoms with Crippen molar-refractivity contribution in [2.75, 3.05) is 5.32 Å². The fraction of sp³-hybridized carbons (Fsp3) is 0.143. The zero-order chi connectivity index (χ0) is 11.6. The summed E-state index contributed by atoms with van der Waals surface area (Å²) in [4.78, 5) is 13.7. The lowest BCUT2D eigenvalue weighted by Gasteiger charge is -2.10. The average molecular weight is 221 g/mol. The van der Waals surface area contributed by atoms with Gasteiger partial charge in [0.2, 0.25) is 0 Å². The molecule has 2 amide bonds. The molecule has 5 nitrogen and oxygen atoms in total. The van der Waals surface area contributed by atoms with E-state index in [2.05, 4.69) is 10.7 Å². The smallest absolute Gasteiger partial charge is 0.420 e. The van der Waals surface area contributed by atoms with Crippen LogP contribution in [0.25, 0.3) is 0 Å². The quantitative estimate of drug-likeness (QED) is 0.667. The highest BCUT2D eigenvalue weighted by Crippen LogP contribution is 2.38. The van der Waals surface area contributed by atoms with E-state index in [9.17, 15) is 18.0 Å². The number of hydrogen-bond donors (Lipinski definition) is 3. The first-order chi connectivity index (χ1) is 6.82. The summed E-state index contributed by atoms with van der Waals surface area (Å²) in [6.07, 6.45) is -3.92. The van der Waals surface area contributed by atoms with Crippen LogP contribution in [0, 0.1) is 0 Å². The summed E-state index contributed by atoms with van der Waals surface area (Å²) in [5.41, 5.74) is 3.38. The van der Waals surface area contributed by atoms with Gasteiger partial charge in [-0.1, -0.05) is 0 Å². The summed E-state index contributed by atoms with van der Waals surface area (Å²) in [6, 6.07) is -0.529. The molecule has 1 aromatic rings. The molecule has 0 aliphatic rings. The minimum Gasteiger partial charge on any atom is -0.504 e. The molecule has 0 spiro atoms. The van der Waals surface area contributed by atoms with Crippen molar-refractivity contribution in [1.82, 2.24) is 4.98 Å². The van der Waals surface area contributed by atoms with Crippen molar-refractivity contribution in [3.63, 3.8) is 0 Å². The van der Waals surface area contributed by atoms with Crippen LogP contribution < -0.4 is 11.1 Å². The number of anilines is 1. The molecule has 0 unspecified atom stereocenters. The number of amides is 2. The largest absolute Gasteiger partial charge is 0.504 e. The van der Waals surface area contributed by atoms with Crippen LogP contribution in [-0.4, -0.2) is 16.1 Å². The molecule has 0 atom stereocenters. The van der Waals surface area contributed by atoms with Crippen LogP contribution in [-0.2, 0) is 6.18 Å². The van der Waals surface area contributed by atoms with Crippen LogP contribution >= 0.6 is 0 Å². The molecule has 15 heavy (non-hydrogen) atoms. The molecule has 4 N–H and O–H groups in total. The lowest BCUT2D eigenvalue weighted by molar-refractivity contribution is -0.138. The van der Waals surface area contributed by atoms with Crippen molar-refractivity contribution in [1.29, 1.82) is 0 Å². The number of halogens is 3. The van der Waals surface area contributed by atoms with Crippen LogP contribution in [0.3, 0.4) is 0 Å². The van der Waals surface area contributed by atoms with Crippen molar-refractivity contribution in [3.8, 4) is 5.75 Å². The highest BCUT2D eigenvalue weighted by molar-refractivity contribution is 5.88. The normalized spacial score (nSPS) is 11.1. The molecule has 0 bridgehead atoms. The van der Waals surface area contributed by atoms with E-state index in [4.69, 9.17) is 5.11 Å². The average Bonchev–Trinajstić information content (AvgIpc) is 2.05. The van der Waals surface area contributed by atoms with Gasteiger partial charge in [-0.15, -0.1) is 0 Å². The molecule has 0 aliphatic carbocycles. The van der Waals surface area contributed by atoms with E-state index >= 15 is 0 Å². The summed E-state index contributed by atoms with van der Waals surface area (Å²) < 4.78 is 36.7. The number of carbonyl (C=O) groups is 1. The summed E-state index contributed by atoms with van der Waals surface area (Å²) in [7, 11) is 0. The minimum atomic E-state index is -4.72. The molecule has 1 aromatic heterocycles. The fourth-order valence-electron chi connectivity index (χ4n) is 0.891. The molecule has 1 heterocycles. The Morgan fingerprint density at radius 1 is 1.53 bits per heavy atom. The third kappa shape index (κ3) is 2.48. The number of hydrogen-bond acceptors (Lipinski definition) is 3. The summed E-state index contributed by atoms with van der Waals surface area (Å²) in [5.74, 6) is -1.79. The maximum Gasteiger partial charge on any atom is 0.420 e. The Morgan fingerprint density at radius 3 is 2.60 bits per heavy atom. The van der Waals surface area contributed by atoms with Gasteiger partial charge in [-0.05, 0) is 6.07 Å². The van der Waals surface area contributed by atoms with Gasteiger partial charge in [-0.2, -0.15) is 13.2 Å². The van der Waals surface area contributed by atoms with Gasteiger partial charge in [-0.25, -0.2) is 9.78 Å². The molecule has 8 heteroatoms. The first kappa shape index (κ1) is 11.1. The third-order valence-electron chi connectivity index (χ3n) is 1.47. The number of alkyl halides is 3. The van der Waals surface area contributed by atoms with Crippen molar-refractivity contribution in [3.05, 3.63) is 17.8 Å². The maximum absolute atomic E-state index is 12.2. The highest BCUT2D eigenvalue weighted by atomic mass is 19.4. The van der Waals surface area contributed by atoms with E-state index in [-0.39, 0.29) is 0 Å². The number of pyridine rings is 1. The van der Waals surface area contributed by atoms with Crippen LogP contribution in [0.5, 0.6) is 5.75 Å². The van der Waals surface area contributed by atoms with Gasteiger partial charge in [0.1, 0.15) is 5.56 Å². The number of nitrogens with two attached hydrogens (primary N) is 1. The lowest BCUT2D eigenvalue weighted by Crippen LogP contribution is -2.20. The standard InChI is InChI=1S/C7H6F3N3O2/c8-7(9,10)3-1-2-12-5(4(3)14)13-6(11)15/h1-2,14H,(H3,11,12,13,15). The van der Waals surface area contributed by atoms with Crippen LogP contribution in [0.2, 0.25) is 0 Å². The van der Waals surface area contributed by atoms with E-state index in [0.717, 1.165) is 6.20 Å². The Labute approximate surface area is 81.7 Å². The van der Waals surface area contributed by atoms with Gasteiger partial charge in [0, 0.05) is 6.20 Å². The number of rotatable bonds is 1. The Kier molecular flexibility index (Phi) is 2.69. The van der Waals surface area contributed by atoms with Crippen LogP contribution in [0.1, 0.15) is 5.56 Å². The number of nitrogens with one attached hydrogen (secondary N) is 1. The Balaban J connectivity index is 3.17. The molecule has 0 fully saturated rings. The van der Waals surface area contributed by atoms with Gasteiger partial charge in [0.05, 0.1) is 0 Å². The molecule has 0 saturated heterocycles. The lowest BCUT2D eigenvalue weighted by atomic mass is 10.2. The molecule has 0 radical (unpaired) electrons. The van der Waals surface area contributed by atoms with Crippen molar-refractivity contribution >= 4 is 11.8 Å². The highest BCUT2D eigenvalue weighted by Gasteiger charge is 2.35. The monoisotopic (exact) mass is 221 g/mol. The molecule has 1 rings (SSSR count).